The van der Waals surface area contributed by atoms with E-state index in [1.807, 2.05) is 0 Å². The van der Waals surface area contributed by atoms with Crippen LogP contribution in [0.1, 0.15) is 51.9 Å². The van der Waals surface area contributed by atoms with E-state index < -0.39 is 7.82 Å². The minimum absolute atomic E-state index is 0. The van der Waals surface area contributed by atoms with Gasteiger partial charge in [0.15, 0.2) is 0 Å². The number of phosphoric acid groups is 1. The summed E-state index contributed by atoms with van der Waals surface area (Å²) in [6.07, 6.45) is 8.02. The summed E-state index contributed by atoms with van der Waals surface area (Å²) in [4.78, 5) is 11.1. The van der Waals surface area contributed by atoms with Crippen LogP contribution in [-0.2, 0) is 18.3 Å². The fourth-order valence-electron chi connectivity index (χ4n) is 1.94. The van der Waals surface area contributed by atoms with Crippen LogP contribution in [0.2, 0.25) is 0 Å². The van der Waals surface area contributed by atoms with Crippen molar-refractivity contribution in [2.24, 2.45) is 0 Å². The molecule has 7 heteroatoms. The molecule has 0 aromatic rings. The van der Waals surface area contributed by atoms with Gasteiger partial charge in [-0.3, -0.25) is 4.57 Å². The Labute approximate surface area is 138 Å². The van der Waals surface area contributed by atoms with Crippen molar-refractivity contribution in [3.05, 3.63) is 0 Å². The number of ether oxygens (including phenoxy) is 1. The molecular formula is C12H24NaO5P. The smallest absolute Gasteiger partial charge is 0.756 e. The van der Waals surface area contributed by atoms with Gasteiger partial charge in [0.1, 0.15) is 0 Å². The third kappa shape index (κ3) is 10.4. The monoisotopic (exact) mass is 302 g/mol. The van der Waals surface area contributed by atoms with Crippen molar-refractivity contribution in [1.82, 2.24) is 0 Å². The van der Waals surface area contributed by atoms with Gasteiger partial charge in [-0.2, -0.15) is 0 Å². The molecule has 1 aliphatic heterocycles. The van der Waals surface area contributed by atoms with E-state index >= 15 is 0 Å². The van der Waals surface area contributed by atoms with Gasteiger partial charge in [0, 0.05) is 0 Å². The van der Waals surface area contributed by atoms with Gasteiger partial charge >= 0.3 is 29.6 Å². The SMILES string of the molecule is CCCCCCCCC1COP(=O)([O-])OCCO1.[Na+]. The van der Waals surface area contributed by atoms with E-state index in [-0.39, 0.29) is 48.9 Å². The van der Waals surface area contributed by atoms with Gasteiger partial charge in [0.2, 0.25) is 0 Å². The van der Waals surface area contributed by atoms with E-state index in [1.165, 1.54) is 32.1 Å². The first kappa shape index (κ1) is 20.1. The molecule has 5 nitrogen and oxygen atoms in total. The molecule has 19 heavy (non-hydrogen) atoms. The van der Waals surface area contributed by atoms with E-state index in [4.69, 9.17) is 9.26 Å². The predicted molar refractivity (Wildman–Crippen MR) is 67.2 cm³/mol. The zero-order valence-electron chi connectivity index (χ0n) is 12.1. The van der Waals surface area contributed by atoms with Crippen molar-refractivity contribution in [1.29, 1.82) is 0 Å². The number of hydrogen-bond acceptors (Lipinski definition) is 5. The van der Waals surface area contributed by atoms with Crippen LogP contribution in [-0.4, -0.2) is 25.9 Å². The van der Waals surface area contributed by atoms with Gasteiger partial charge in [0.25, 0.3) is 7.82 Å². The maximum atomic E-state index is 11.1. The van der Waals surface area contributed by atoms with Gasteiger partial charge < -0.3 is 18.7 Å². The summed E-state index contributed by atoms with van der Waals surface area (Å²) in [5.74, 6) is 0. The van der Waals surface area contributed by atoms with E-state index in [2.05, 4.69) is 11.4 Å². The van der Waals surface area contributed by atoms with E-state index in [0.717, 1.165) is 12.8 Å². The minimum Gasteiger partial charge on any atom is -0.756 e. The summed E-state index contributed by atoms with van der Waals surface area (Å²) < 4.78 is 25.9. The Hall–Kier alpha value is 1.07. The molecule has 0 N–H and O–H groups in total. The summed E-state index contributed by atoms with van der Waals surface area (Å²) in [7, 11) is -4.08. The Morgan fingerprint density at radius 1 is 1.11 bits per heavy atom. The predicted octanol–water partition coefficient (Wildman–Crippen LogP) is -0.359. The molecular weight excluding hydrogens is 278 g/mol. The fourth-order valence-corrected chi connectivity index (χ4v) is 2.66. The largest absolute Gasteiger partial charge is 1.00 e. The van der Waals surface area contributed by atoms with Crippen molar-refractivity contribution in [3.63, 3.8) is 0 Å². The molecule has 1 rings (SSSR count). The van der Waals surface area contributed by atoms with Crippen LogP contribution < -0.4 is 34.5 Å². The van der Waals surface area contributed by atoms with Crippen LogP contribution in [0.15, 0.2) is 0 Å². The Morgan fingerprint density at radius 3 is 2.53 bits per heavy atom. The topological polar surface area (TPSA) is 67.8 Å². The molecule has 0 bridgehead atoms. The van der Waals surface area contributed by atoms with Gasteiger partial charge in [-0.05, 0) is 6.42 Å². The van der Waals surface area contributed by atoms with E-state index in [0.29, 0.717) is 6.61 Å². The average molecular weight is 302 g/mol. The maximum absolute atomic E-state index is 11.1. The second-order valence-electron chi connectivity index (χ2n) is 4.63. The normalized spacial score (nSPS) is 28.2. The zero-order valence-corrected chi connectivity index (χ0v) is 15.0. The number of unbranched alkanes of at least 4 members (excludes halogenated alkanes) is 5. The molecule has 0 spiro atoms. The molecule has 2 atom stereocenters. The number of rotatable bonds is 7. The molecule has 108 valence electrons. The fraction of sp³-hybridized carbons (Fsp3) is 1.00. The summed E-state index contributed by atoms with van der Waals surface area (Å²) in [5, 5.41) is 0. The van der Waals surface area contributed by atoms with E-state index in [1.54, 1.807) is 0 Å². The molecule has 1 heterocycles. The van der Waals surface area contributed by atoms with Crippen molar-refractivity contribution in [2.45, 2.75) is 58.0 Å². The summed E-state index contributed by atoms with van der Waals surface area (Å²) in [5.41, 5.74) is 0. The Kier molecular flexibility index (Phi) is 12.4. The molecule has 0 radical (unpaired) electrons. The van der Waals surface area contributed by atoms with E-state index in [9.17, 15) is 9.46 Å². The quantitative estimate of drug-likeness (QED) is 0.365. The van der Waals surface area contributed by atoms with Gasteiger partial charge in [-0.15, -0.1) is 0 Å². The van der Waals surface area contributed by atoms with Gasteiger partial charge in [-0.25, -0.2) is 0 Å². The van der Waals surface area contributed by atoms with Crippen LogP contribution in [0.4, 0.5) is 0 Å². The van der Waals surface area contributed by atoms with Crippen LogP contribution >= 0.6 is 7.82 Å². The summed E-state index contributed by atoms with van der Waals surface area (Å²) in [6, 6.07) is 0. The molecule has 0 amide bonds. The Morgan fingerprint density at radius 2 is 1.79 bits per heavy atom. The van der Waals surface area contributed by atoms with Crippen molar-refractivity contribution in [2.75, 3.05) is 19.8 Å². The first-order valence-electron chi connectivity index (χ1n) is 6.86. The summed E-state index contributed by atoms with van der Waals surface area (Å²) in [6.45, 7) is 2.64. The Balaban J connectivity index is 0.00000324. The molecule has 1 saturated heterocycles. The first-order chi connectivity index (χ1) is 8.64. The minimum atomic E-state index is -4.08. The van der Waals surface area contributed by atoms with Gasteiger partial charge in [0.05, 0.1) is 25.9 Å². The average Bonchev–Trinajstić information content (AvgIpc) is 2.32. The third-order valence-electron chi connectivity index (χ3n) is 2.98. The molecule has 0 aromatic carbocycles. The van der Waals surface area contributed by atoms with Crippen molar-refractivity contribution < 1.29 is 52.8 Å². The van der Waals surface area contributed by atoms with Crippen molar-refractivity contribution in [3.8, 4) is 0 Å². The third-order valence-corrected chi connectivity index (χ3v) is 3.95. The van der Waals surface area contributed by atoms with Gasteiger partial charge in [-0.1, -0.05) is 45.4 Å². The first-order valence-corrected chi connectivity index (χ1v) is 8.32. The standard InChI is InChI=1S/C12H25O5P.Na/c1-2-3-4-5-6-7-8-12-11-17-18(13,14)16-10-9-15-12;/h12H,2-11H2,1H3,(H,13,14);/q;+1/p-1. The van der Waals surface area contributed by atoms with Crippen LogP contribution in [0.3, 0.4) is 0 Å². The van der Waals surface area contributed by atoms with Crippen LogP contribution in [0.5, 0.6) is 0 Å². The molecule has 2 unspecified atom stereocenters. The van der Waals surface area contributed by atoms with Crippen LogP contribution in [0.25, 0.3) is 0 Å². The number of phosphoric ester groups is 1. The Bertz CT molecular complexity index is 265. The zero-order chi connectivity index (χ0) is 13.3. The molecule has 0 aliphatic carbocycles. The molecule has 1 aliphatic rings. The number of hydrogen-bond donors (Lipinski definition) is 0. The van der Waals surface area contributed by atoms with Crippen LogP contribution in [0, 0.1) is 0 Å². The second kappa shape index (κ2) is 11.7. The molecule has 0 saturated carbocycles. The maximum Gasteiger partial charge on any atom is 1.00 e. The van der Waals surface area contributed by atoms with Crippen molar-refractivity contribution >= 4 is 7.82 Å². The molecule has 0 aromatic heterocycles. The second-order valence-corrected chi connectivity index (χ2v) is 6.04. The molecule has 1 fully saturated rings. The summed E-state index contributed by atoms with van der Waals surface area (Å²) >= 11 is 0.